The lowest BCUT2D eigenvalue weighted by Gasteiger charge is -2.48. The number of amides is 3. The SMILES string of the molecule is Cc1c(-c2ccc3cnc(Nc4ccc(CC(=O)N5CCN(C6CN(c7ccc(C8CCC(=O)NC8=O)cn7)C6)CC5)c(F)c4)nc3c2)cnc2c1NCCO2. The monoisotopic (exact) mass is 756 g/mol. The number of benzene rings is 2. The molecule has 3 fully saturated rings. The van der Waals surface area contributed by atoms with Crippen molar-refractivity contribution >= 4 is 51.8 Å². The van der Waals surface area contributed by atoms with E-state index in [9.17, 15) is 14.4 Å². The van der Waals surface area contributed by atoms with Crippen molar-refractivity contribution in [3.63, 3.8) is 0 Å². The molecule has 4 aliphatic heterocycles. The maximum Gasteiger partial charge on any atom is 0.237 e. The van der Waals surface area contributed by atoms with Crippen LogP contribution in [0.3, 0.4) is 0 Å². The molecule has 1 atom stereocenters. The van der Waals surface area contributed by atoms with Crippen LogP contribution in [0.1, 0.15) is 35.4 Å². The molecular formula is C41H41FN10O4. The van der Waals surface area contributed by atoms with Crippen molar-refractivity contribution < 1.29 is 23.5 Å². The largest absolute Gasteiger partial charge is 0.474 e. The second-order valence-electron chi connectivity index (χ2n) is 14.8. The number of hydrogen-bond donors (Lipinski definition) is 3. The Balaban J connectivity index is 0.766. The van der Waals surface area contributed by atoms with Crippen molar-refractivity contribution in [2.45, 2.75) is 38.1 Å². The number of pyridine rings is 2. The van der Waals surface area contributed by atoms with Gasteiger partial charge in [-0.05, 0) is 59.9 Å². The molecule has 7 heterocycles. The maximum atomic E-state index is 15.4. The Morgan fingerprint density at radius 1 is 0.982 bits per heavy atom. The van der Waals surface area contributed by atoms with E-state index >= 15 is 4.39 Å². The fourth-order valence-electron chi connectivity index (χ4n) is 7.95. The topological polar surface area (TPSA) is 158 Å². The summed E-state index contributed by atoms with van der Waals surface area (Å²) in [6.07, 6.45) is 6.10. The van der Waals surface area contributed by atoms with E-state index in [1.807, 2.05) is 48.4 Å². The Labute approximate surface area is 322 Å². The number of carbonyl (C=O) groups excluding carboxylic acids is 3. The second kappa shape index (κ2) is 14.8. The lowest BCUT2D eigenvalue weighted by molar-refractivity contribution is -0.134. The maximum absolute atomic E-state index is 15.4. The minimum Gasteiger partial charge on any atom is -0.474 e. The zero-order valence-corrected chi connectivity index (χ0v) is 30.9. The van der Waals surface area contributed by atoms with Crippen LogP contribution in [0, 0.1) is 12.7 Å². The van der Waals surface area contributed by atoms with Crippen LogP contribution < -0.4 is 25.6 Å². The molecule has 4 aliphatic rings. The average Bonchev–Trinajstić information content (AvgIpc) is 3.19. The molecule has 3 aromatic heterocycles. The molecule has 1 unspecified atom stereocenters. The van der Waals surface area contributed by atoms with Crippen LogP contribution in [-0.4, -0.2) is 106 Å². The molecule has 5 aromatic rings. The predicted molar refractivity (Wildman–Crippen MR) is 208 cm³/mol. The summed E-state index contributed by atoms with van der Waals surface area (Å²) in [6, 6.07) is 15.0. The number of aromatic nitrogens is 4. The van der Waals surface area contributed by atoms with E-state index in [2.05, 4.69) is 40.7 Å². The van der Waals surface area contributed by atoms with Crippen LogP contribution in [0.2, 0.25) is 0 Å². The molecule has 286 valence electrons. The van der Waals surface area contributed by atoms with Crippen LogP contribution in [0.4, 0.5) is 27.5 Å². The molecule has 3 N–H and O–H groups in total. The Morgan fingerprint density at radius 2 is 1.84 bits per heavy atom. The molecule has 0 saturated carbocycles. The summed E-state index contributed by atoms with van der Waals surface area (Å²) >= 11 is 0. The highest BCUT2D eigenvalue weighted by Gasteiger charge is 2.35. The molecule has 0 radical (unpaired) electrons. The van der Waals surface area contributed by atoms with Crippen molar-refractivity contribution in [1.29, 1.82) is 0 Å². The average molecular weight is 757 g/mol. The summed E-state index contributed by atoms with van der Waals surface area (Å²) in [7, 11) is 0. The third kappa shape index (κ3) is 7.05. The number of imide groups is 1. The minimum atomic E-state index is -0.466. The van der Waals surface area contributed by atoms with Gasteiger partial charge in [0.2, 0.25) is 29.5 Å². The molecule has 0 aliphatic carbocycles. The van der Waals surface area contributed by atoms with Crippen molar-refractivity contribution in [2.24, 2.45) is 0 Å². The summed E-state index contributed by atoms with van der Waals surface area (Å²) in [4.78, 5) is 61.6. The highest BCUT2D eigenvalue weighted by molar-refractivity contribution is 6.01. The molecule has 9 rings (SSSR count). The van der Waals surface area contributed by atoms with Gasteiger partial charge in [0.25, 0.3) is 0 Å². The number of halogens is 1. The Hall–Kier alpha value is -6.22. The van der Waals surface area contributed by atoms with E-state index in [-0.39, 0.29) is 30.1 Å². The molecule has 2 aromatic carbocycles. The van der Waals surface area contributed by atoms with Gasteiger partial charge in [0.05, 0.1) is 17.9 Å². The number of hydrogen-bond acceptors (Lipinski definition) is 12. The van der Waals surface area contributed by atoms with Crippen LogP contribution in [-0.2, 0) is 20.8 Å². The lowest BCUT2D eigenvalue weighted by atomic mass is 9.91. The molecule has 3 saturated heterocycles. The number of piperazine rings is 1. The van der Waals surface area contributed by atoms with Crippen molar-refractivity contribution in [3.8, 4) is 17.0 Å². The zero-order valence-electron chi connectivity index (χ0n) is 30.9. The first kappa shape index (κ1) is 35.5. The highest BCUT2D eigenvalue weighted by atomic mass is 19.1. The predicted octanol–water partition coefficient (Wildman–Crippen LogP) is 4.18. The number of piperidine rings is 1. The van der Waals surface area contributed by atoms with Gasteiger partial charge in [0.15, 0.2) is 0 Å². The zero-order chi connectivity index (χ0) is 38.3. The number of rotatable bonds is 8. The third-order valence-electron chi connectivity index (χ3n) is 11.3. The molecule has 0 bridgehead atoms. The standard InChI is InChI=1S/C41H41FN10O4/c1-24-32(21-45-40-38(24)43-10-15-56-40)25-2-3-28-20-46-41(48-34(28)16-25)47-29-6-4-26(33(42)18-29)17-37(54)51-13-11-50(12-14-51)30-22-52(23-30)35-8-5-27(19-44-35)31-7-9-36(53)49-39(31)55/h2-6,8,16,18-21,30-31,43H,7,9-15,17,22-23H2,1H3,(H,46,47,48)(H,49,53,55). The Morgan fingerprint density at radius 3 is 2.62 bits per heavy atom. The number of ether oxygens (including phenoxy) is 1. The van der Waals surface area contributed by atoms with Crippen molar-refractivity contribution in [3.05, 3.63) is 89.6 Å². The van der Waals surface area contributed by atoms with Gasteiger partial charge >= 0.3 is 0 Å². The van der Waals surface area contributed by atoms with Gasteiger partial charge in [-0.15, -0.1) is 0 Å². The quantitative estimate of drug-likeness (QED) is 0.195. The molecule has 0 spiro atoms. The molecule has 15 heteroatoms. The van der Waals surface area contributed by atoms with Gasteiger partial charge in [-0.2, -0.15) is 0 Å². The van der Waals surface area contributed by atoms with Gasteiger partial charge < -0.3 is 25.2 Å². The number of fused-ring (bicyclic) bond motifs is 2. The lowest BCUT2D eigenvalue weighted by Crippen LogP contribution is -2.63. The van der Waals surface area contributed by atoms with Crippen molar-refractivity contribution in [2.75, 3.05) is 68.0 Å². The van der Waals surface area contributed by atoms with E-state index < -0.39 is 5.82 Å². The highest BCUT2D eigenvalue weighted by Crippen LogP contribution is 2.36. The molecule has 56 heavy (non-hydrogen) atoms. The Kier molecular flexibility index (Phi) is 9.37. The first-order chi connectivity index (χ1) is 27.3. The first-order valence-electron chi connectivity index (χ1n) is 19.0. The van der Waals surface area contributed by atoms with E-state index in [1.54, 1.807) is 24.5 Å². The second-order valence-corrected chi connectivity index (χ2v) is 14.8. The number of nitrogens with one attached hydrogen (secondary N) is 3. The van der Waals surface area contributed by atoms with Crippen LogP contribution in [0.25, 0.3) is 22.0 Å². The Bertz CT molecular complexity index is 2340. The van der Waals surface area contributed by atoms with Crippen LogP contribution in [0.5, 0.6) is 5.88 Å². The number of nitrogens with zero attached hydrogens (tertiary/aromatic N) is 7. The molecule has 3 amide bonds. The molecule has 14 nitrogen and oxygen atoms in total. The first-order valence-corrected chi connectivity index (χ1v) is 19.0. The van der Waals surface area contributed by atoms with Crippen LogP contribution in [0.15, 0.2) is 67.1 Å². The van der Waals surface area contributed by atoms with Crippen molar-refractivity contribution in [1.82, 2.24) is 35.1 Å². The van der Waals surface area contributed by atoms with Gasteiger partial charge in [0, 0.05) is 93.5 Å². The fourth-order valence-corrected chi connectivity index (χ4v) is 7.95. The number of carbonyl (C=O) groups is 3. The van der Waals surface area contributed by atoms with E-state index in [4.69, 9.17) is 9.72 Å². The van der Waals surface area contributed by atoms with Gasteiger partial charge in [0.1, 0.15) is 23.9 Å². The normalized spacial score (nSPS) is 18.8. The van der Waals surface area contributed by atoms with E-state index in [0.717, 1.165) is 77.4 Å². The van der Waals surface area contributed by atoms with E-state index in [1.165, 1.54) is 6.07 Å². The number of anilines is 4. The smallest absolute Gasteiger partial charge is 0.237 e. The van der Waals surface area contributed by atoms with Gasteiger partial charge in [-0.3, -0.25) is 24.6 Å². The summed E-state index contributed by atoms with van der Waals surface area (Å²) in [5, 5.41) is 9.77. The summed E-state index contributed by atoms with van der Waals surface area (Å²) < 4.78 is 21.0. The minimum absolute atomic E-state index is 0.0162. The van der Waals surface area contributed by atoms with Gasteiger partial charge in [-0.1, -0.05) is 24.3 Å². The summed E-state index contributed by atoms with van der Waals surface area (Å²) in [5.41, 5.74) is 6.26. The third-order valence-corrected chi connectivity index (χ3v) is 11.3. The van der Waals surface area contributed by atoms with Crippen LogP contribution >= 0.6 is 0 Å². The van der Waals surface area contributed by atoms with Gasteiger partial charge in [-0.25, -0.2) is 24.3 Å². The summed E-state index contributed by atoms with van der Waals surface area (Å²) in [5.74, 6) is 0.403. The molecular weight excluding hydrogens is 716 g/mol. The fraction of sp³-hybridized carbons (Fsp3) is 0.341. The van der Waals surface area contributed by atoms with E-state index in [0.29, 0.717) is 61.7 Å². The summed E-state index contributed by atoms with van der Waals surface area (Å²) in [6.45, 7) is 7.69.